The molecule has 0 saturated heterocycles. The topological polar surface area (TPSA) is 59.3 Å². The summed E-state index contributed by atoms with van der Waals surface area (Å²) in [7, 11) is 0. The van der Waals surface area contributed by atoms with Crippen molar-refractivity contribution in [3.63, 3.8) is 0 Å². The summed E-state index contributed by atoms with van der Waals surface area (Å²) in [5.74, 6) is -0.921. The molecule has 0 spiro atoms. The van der Waals surface area contributed by atoms with E-state index in [1.807, 2.05) is 6.07 Å². The zero-order valence-electron chi connectivity index (χ0n) is 8.80. The van der Waals surface area contributed by atoms with Crippen LogP contribution in [-0.4, -0.2) is 21.4 Å². The Balaban J connectivity index is 2.55. The quantitative estimate of drug-likeness (QED) is 0.854. The third-order valence-electron chi connectivity index (χ3n) is 2.41. The normalized spacial score (nSPS) is 10.6. The summed E-state index contributed by atoms with van der Waals surface area (Å²) in [6, 6.07) is 6.75. The Morgan fingerprint density at radius 2 is 2.06 bits per heavy atom. The molecular weight excluding hydrogens is 206 g/mol. The third kappa shape index (κ3) is 1.82. The molecule has 0 saturated carbocycles. The van der Waals surface area contributed by atoms with Crippen molar-refractivity contribution in [2.24, 2.45) is 0 Å². The van der Waals surface area contributed by atoms with Gasteiger partial charge in [-0.3, -0.25) is 4.79 Å². The molecule has 0 radical (unpaired) electrons. The summed E-state index contributed by atoms with van der Waals surface area (Å²) < 4.78 is 1.75. The Kier molecular flexibility index (Phi) is 2.48. The number of benzene rings is 1. The number of carbonyl (C=O) groups is 2. The maximum Gasteiger partial charge on any atom is 0.335 e. The van der Waals surface area contributed by atoms with Gasteiger partial charge in [0.2, 0.25) is 0 Å². The molecule has 0 aliphatic rings. The van der Waals surface area contributed by atoms with Gasteiger partial charge in [-0.05, 0) is 30.5 Å². The Morgan fingerprint density at radius 3 is 2.69 bits per heavy atom. The molecular formula is C12H11NO3. The van der Waals surface area contributed by atoms with Gasteiger partial charge in [0.25, 0.3) is 0 Å². The van der Waals surface area contributed by atoms with Gasteiger partial charge in [0.15, 0.2) is 0 Å². The molecule has 2 rings (SSSR count). The first-order chi connectivity index (χ1) is 7.58. The highest BCUT2D eigenvalue weighted by molar-refractivity contribution is 5.93. The fourth-order valence-electron chi connectivity index (χ4n) is 1.69. The minimum absolute atomic E-state index is 0.0400. The van der Waals surface area contributed by atoms with Crippen LogP contribution < -0.4 is 0 Å². The number of fused-ring (bicyclic) bond motifs is 1. The van der Waals surface area contributed by atoms with E-state index in [4.69, 9.17) is 5.11 Å². The predicted octanol–water partition coefficient (Wildman–Crippen LogP) is 1.93. The molecule has 0 aliphatic carbocycles. The second-order valence-corrected chi connectivity index (χ2v) is 3.72. The zero-order valence-corrected chi connectivity index (χ0v) is 8.80. The molecule has 4 nitrogen and oxygen atoms in total. The van der Waals surface area contributed by atoms with Gasteiger partial charge in [0.05, 0.1) is 12.1 Å². The van der Waals surface area contributed by atoms with Gasteiger partial charge in [-0.1, -0.05) is 6.07 Å². The average molecular weight is 217 g/mol. The van der Waals surface area contributed by atoms with E-state index >= 15 is 0 Å². The summed E-state index contributed by atoms with van der Waals surface area (Å²) >= 11 is 0. The molecule has 1 aromatic heterocycles. The maximum absolute atomic E-state index is 11.0. The minimum atomic E-state index is -0.961. The van der Waals surface area contributed by atoms with Crippen LogP contribution in [0.1, 0.15) is 17.3 Å². The van der Waals surface area contributed by atoms with Gasteiger partial charge in [-0.15, -0.1) is 0 Å². The number of aromatic carboxylic acids is 1. The molecule has 1 aromatic carbocycles. The number of hydrogen-bond donors (Lipinski definition) is 1. The van der Waals surface area contributed by atoms with Crippen molar-refractivity contribution in [2.45, 2.75) is 13.5 Å². The van der Waals surface area contributed by atoms with Crippen molar-refractivity contribution in [2.75, 3.05) is 0 Å². The molecule has 2 aromatic rings. The lowest BCUT2D eigenvalue weighted by atomic mass is 10.1. The first-order valence-corrected chi connectivity index (χ1v) is 4.89. The fraction of sp³-hybridized carbons (Fsp3) is 0.167. The Morgan fingerprint density at radius 1 is 1.31 bits per heavy atom. The Hall–Kier alpha value is -2.10. The molecule has 1 N–H and O–H groups in total. The molecule has 1 heterocycles. The first-order valence-electron chi connectivity index (χ1n) is 4.89. The van der Waals surface area contributed by atoms with Crippen molar-refractivity contribution >= 4 is 22.7 Å². The van der Waals surface area contributed by atoms with Gasteiger partial charge in [0.1, 0.15) is 5.78 Å². The van der Waals surface area contributed by atoms with E-state index in [-0.39, 0.29) is 17.9 Å². The third-order valence-corrected chi connectivity index (χ3v) is 2.41. The number of rotatable bonds is 3. The van der Waals surface area contributed by atoms with E-state index in [1.54, 1.807) is 29.0 Å². The van der Waals surface area contributed by atoms with Crippen molar-refractivity contribution < 1.29 is 14.7 Å². The molecule has 0 fully saturated rings. The second kappa shape index (κ2) is 3.81. The summed E-state index contributed by atoms with van der Waals surface area (Å²) in [4.78, 5) is 21.9. The lowest BCUT2D eigenvalue weighted by Crippen LogP contribution is -2.05. The number of aromatic nitrogens is 1. The van der Waals surface area contributed by atoms with Crippen LogP contribution in [0.2, 0.25) is 0 Å². The number of nitrogens with zero attached hydrogens (tertiary/aromatic N) is 1. The lowest BCUT2D eigenvalue weighted by molar-refractivity contribution is -0.117. The SMILES string of the molecule is CC(=O)Cn1ccc2ccc(C(=O)O)cc21. The van der Waals surface area contributed by atoms with Crippen LogP contribution in [0.3, 0.4) is 0 Å². The molecule has 0 bridgehead atoms. The van der Waals surface area contributed by atoms with Gasteiger partial charge in [-0.25, -0.2) is 4.79 Å². The van der Waals surface area contributed by atoms with Crippen molar-refractivity contribution in [1.82, 2.24) is 4.57 Å². The number of Topliss-reactive ketones (excluding diaryl/α,β-unsaturated/α-hetero) is 1. The van der Waals surface area contributed by atoms with Gasteiger partial charge in [-0.2, -0.15) is 0 Å². The number of carboxylic acids is 1. The summed E-state index contributed by atoms with van der Waals surface area (Å²) in [5.41, 5.74) is 1.01. The lowest BCUT2D eigenvalue weighted by Gasteiger charge is -2.02. The van der Waals surface area contributed by atoms with Crippen LogP contribution in [0.4, 0.5) is 0 Å². The van der Waals surface area contributed by atoms with Gasteiger partial charge in [0, 0.05) is 11.7 Å². The molecule has 16 heavy (non-hydrogen) atoms. The second-order valence-electron chi connectivity index (χ2n) is 3.72. The number of carbonyl (C=O) groups excluding carboxylic acids is 1. The predicted molar refractivity (Wildman–Crippen MR) is 59.6 cm³/mol. The van der Waals surface area contributed by atoms with Crippen molar-refractivity contribution in [1.29, 1.82) is 0 Å². The number of hydrogen-bond acceptors (Lipinski definition) is 2. The number of ketones is 1. The highest BCUT2D eigenvalue weighted by Crippen LogP contribution is 2.17. The van der Waals surface area contributed by atoms with Crippen molar-refractivity contribution in [3.05, 3.63) is 36.0 Å². The zero-order chi connectivity index (χ0) is 11.7. The van der Waals surface area contributed by atoms with Crippen LogP contribution in [0.15, 0.2) is 30.5 Å². The standard InChI is InChI=1S/C12H11NO3/c1-8(14)7-13-5-4-9-2-3-10(12(15)16)6-11(9)13/h2-6H,7H2,1H3,(H,15,16). The van der Waals surface area contributed by atoms with E-state index in [1.165, 1.54) is 6.92 Å². The number of carboxylic acid groups (broad SMARTS) is 1. The highest BCUT2D eigenvalue weighted by Gasteiger charge is 2.07. The van der Waals surface area contributed by atoms with E-state index in [0.717, 1.165) is 10.9 Å². The van der Waals surface area contributed by atoms with Crippen LogP contribution in [-0.2, 0) is 11.3 Å². The largest absolute Gasteiger partial charge is 0.478 e. The molecule has 0 amide bonds. The van der Waals surface area contributed by atoms with E-state index in [9.17, 15) is 9.59 Å². The average Bonchev–Trinajstić information content (AvgIpc) is 2.60. The highest BCUT2D eigenvalue weighted by atomic mass is 16.4. The van der Waals surface area contributed by atoms with E-state index in [2.05, 4.69) is 0 Å². The molecule has 82 valence electrons. The fourth-order valence-corrected chi connectivity index (χ4v) is 1.69. The van der Waals surface area contributed by atoms with Crippen LogP contribution in [0.5, 0.6) is 0 Å². The van der Waals surface area contributed by atoms with Gasteiger partial charge >= 0.3 is 5.97 Å². The summed E-state index contributed by atoms with van der Waals surface area (Å²) in [6.07, 6.45) is 1.79. The van der Waals surface area contributed by atoms with E-state index in [0.29, 0.717) is 0 Å². The summed E-state index contributed by atoms with van der Waals surface area (Å²) in [5, 5.41) is 9.81. The van der Waals surface area contributed by atoms with Crippen LogP contribution >= 0.6 is 0 Å². The first kappa shape index (κ1) is 10.4. The minimum Gasteiger partial charge on any atom is -0.478 e. The van der Waals surface area contributed by atoms with Crippen LogP contribution in [0.25, 0.3) is 10.9 Å². The van der Waals surface area contributed by atoms with Crippen molar-refractivity contribution in [3.8, 4) is 0 Å². The van der Waals surface area contributed by atoms with Crippen LogP contribution in [0, 0.1) is 0 Å². The molecule has 4 heteroatoms. The Labute approximate surface area is 92.1 Å². The molecule has 0 unspecified atom stereocenters. The summed E-state index contributed by atoms with van der Waals surface area (Å²) in [6.45, 7) is 1.78. The smallest absolute Gasteiger partial charge is 0.335 e. The molecule has 0 atom stereocenters. The molecule has 0 aliphatic heterocycles. The Bertz CT molecular complexity index is 569. The van der Waals surface area contributed by atoms with E-state index < -0.39 is 5.97 Å². The maximum atomic E-state index is 11.0. The monoisotopic (exact) mass is 217 g/mol. The van der Waals surface area contributed by atoms with Gasteiger partial charge < -0.3 is 9.67 Å².